The molecule has 0 aliphatic rings. The summed E-state index contributed by atoms with van der Waals surface area (Å²) in [5, 5.41) is 10.9. The maximum absolute atomic E-state index is 12.7. The lowest BCUT2D eigenvalue weighted by molar-refractivity contribution is 0.0697. The minimum atomic E-state index is -0.987. The molecule has 1 heterocycles. The average Bonchev–Trinajstić information content (AvgIpc) is 2.95. The number of aromatic nitrogens is 1. The summed E-state index contributed by atoms with van der Waals surface area (Å²) in [6, 6.07) is 12.5. The number of Topliss-reactive ketones (excluding diaryl/α,β-unsaturated/α-hetero) is 1. The van der Waals surface area contributed by atoms with Crippen LogP contribution in [0, 0.1) is 0 Å². The number of aromatic carboxylic acids is 1. The molecule has 134 valence electrons. The third-order valence-electron chi connectivity index (χ3n) is 4.64. The Hall–Kier alpha value is -2.59. The number of carboxylic acids is 1. The van der Waals surface area contributed by atoms with Gasteiger partial charge in [0.25, 0.3) is 0 Å². The topological polar surface area (TPSA) is 59.3 Å². The molecule has 0 radical (unpaired) electrons. The molecule has 2 aromatic carbocycles. The van der Waals surface area contributed by atoms with Crippen LogP contribution in [0.25, 0.3) is 10.9 Å². The molecule has 0 saturated heterocycles. The smallest absolute Gasteiger partial charge is 0.335 e. The summed E-state index contributed by atoms with van der Waals surface area (Å²) in [7, 11) is 0. The number of halogens is 1. The molecule has 0 amide bonds. The van der Waals surface area contributed by atoms with E-state index >= 15 is 0 Å². The van der Waals surface area contributed by atoms with Crippen molar-refractivity contribution in [3.05, 3.63) is 69.9 Å². The molecule has 4 nitrogen and oxygen atoms in total. The van der Waals surface area contributed by atoms with Crippen molar-refractivity contribution >= 4 is 34.3 Å². The van der Waals surface area contributed by atoms with Gasteiger partial charge in [-0.05, 0) is 35.7 Å². The molecule has 3 aromatic rings. The van der Waals surface area contributed by atoms with Crippen LogP contribution in [0.2, 0.25) is 5.02 Å². The monoisotopic (exact) mass is 369 g/mol. The number of nitrogens with zero attached hydrogens (tertiary/aromatic N) is 1. The molecular formula is C21H20ClNO3. The number of fused-ring (bicyclic) bond motifs is 1. The highest BCUT2D eigenvalue weighted by atomic mass is 35.5. The van der Waals surface area contributed by atoms with Crippen LogP contribution in [-0.2, 0) is 13.0 Å². The minimum absolute atomic E-state index is 0.0435. The maximum atomic E-state index is 12.7. The molecule has 26 heavy (non-hydrogen) atoms. The Morgan fingerprint density at radius 2 is 1.85 bits per heavy atom. The van der Waals surface area contributed by atoms with Crippen LogP contribution >= 0.6 is 11.6 Å². The van der Waals surface area contributed by atoms with Gasteiger partial charge in [-0.25, -0.2) is 4.79 Å². The highest BCUT2D eigenvalue weighted by Crippen LogP contribution is 2.31. The SMILES string of the molecule is CCC(=O)c1c(CC)c2ccc(C(=O)O)cc2n1Cc1ccccc1Cl. The number of carbonyl (C=O) groups is 2. The zero-order chi connectivity index (χ0) is 18.8. The lowest BCUT2D eigenvalue weighted by atomic mass is 10.0. The molecule has 3 rings (SSSR count). The number of carboxylic acid groups (broad SMARTS) is 1. The third-order valence-corrected chi connectivity index (χ3v) is 5.01. The Kier molecular flexibility index (Phi) is 5.14. The molecule has 0 aliphatic heterocycles. The first-order chi connectivity index (χ1) is 12.5. The normalized spacial score (nSPS) is 11.0. The fraction of sp³-hybridized carbons (Fsp3) is 0.238. The molecule has 0 atom stereocenters. The molecule has 0 unspecified atom stereocenters. The van der Waals surface area contributed by atoms with Crippen LogP contribution in [0.15, 0.2) is 42.5 Å². The van der Waals surface area contributed by atoms with Gasteiger partial charge in [0.2, 0.25) is 0 Å². The second-order valence-corrected chi connectivity index (χ2v) is 6.58. The van der Waals surface area contributed by atoms with Crippen molar-refractivity contribution in [1.82, 2.24) is 4.57 Å². The fourth-order valence-electron chi connectivity index (χ4n) is 3.36. The van der Waals surface area contributed by atoms with E-state index in [1.807, 2.05) is 42.7 Å². The maximum Gasteiger partial charge on any atom is 0.335 e. The van der Waals surface area contributed by atoms with E-state index in [4.69, 9.17) is 11.6 Å². The van der Waals surface area contributed by atoms with Crippen LogP contribution in [0.5, 0.6) is 0 Å². The van der Waals surface area contributed by atoms with E-state index in [9.17, 15) is 14.7 Å². The molecule has 0 saturated carbocycles. The van der Waals surface area contributed by atoms with Crippen molar-refractivity contribution in [2.45, 2.75) is 33.2 Å². The fourth-order valence-corrected chi connectivity index (χ4v) is 3.55. The van der Waals surface area contributed by atoms with E-state index in [0.717, 1.165) is 22.0 Å². The first-order valence-electron chi connectivity index (χ1n) is 8.62. The van der Waals surface area contributed by atoms with Gasteiger partial charge in [-0.3, -0.25) is 4.79 Å². The molecule has 0 spiro atoms. The lowest BCUT2D eigenvalue weighted by Crippen LogP contribution is -2.11. The molecule has 0 bridgehead atoms. The summed E-state index contributed by atoms with van der Waals surface area (Å²) >= 11 is 6.32. The van der Waals surface area contributed by atoms with E-state index in [2.05, 4.69) is 0 Å². The van der Waals surface area contributed by atoms with Crippen LogP contribution in [0.4, 0.5) is 0 Å². The zero-order valence-corrected chi connectivity index (χ0v) is 15.5. The van der Waals surface area contributed by atoms with Crippen molar-refractivity contribution in [2.24, 2.45) is 0 Å². The number of rotatable bonds is 6. The van der Waals surface area contributed by atoms with Gasteiger partial charge in [-0.15, -0.1) is 0 Å². The first-order valence-corrected chi connectivity index (χ1v) is 9.00. The number of hydrogen-bond acceptors (Lipinski definition) is 2. The van der Waals surface area contributed by atoms with Gasteiger partial charge in [0.1, 0.15) is 0 Å². The Labute approximate surface area is 157 Å². The second kappa shape index (κ2) is 7.34. The molecule has 5 heteroatoms. The number of aryl methyl sites for hydroxylation is 1. The Bertz CT molecular complexity index is 1000. The number of benzene rings is 2. The largest absolute Gasteiger partial charge is 0.478 e. The highest BCUT2D eigenvalue weighted by Gasteiger charge is 2.22. The van der Waals surface area contributed by atoms with Crippen molar-refractivity contribution < 1.29 is 14.7 Å². The molecule has 1 aromatic heterocycles. The second-order valence-electron chi connectivity index (χ2n) is 6.17. The number of ketones is 1. The van der Waals surface area contributed by atoms with Crippen molar-refractivity contribution in [1.29, 1.82) is 0 Å². The van der Waals surface area contributed by atoms with Crippen LogP contribution in [-0.4, -0.2) is 21.4 Å². The predicted octanol–water partition coefficient (Wildman–Crippen LogP) is 5.20. The Balaban J connectivity index is 2.32. The van der Waals surface area contributed by atoms with Gasteiger partial charge in [0, 0.05) is 23.4 Å². The Morgan fingerprint density at radius 1 is 1.12 bits per heavy atom. The summed E-state index contributed by atoms with van der Waals surface area (Å²) in [4.78, 5) is 24.1. The van der Waals surface area contributed by atoms with E-state index in [-0.39, 0.29) is 11.3 Å². The molecular weight excluding hydrogens is 350 g/mol. The van der Waals surface area contributed by atoms with Gasteiger partial charge in [0.15, 0.2) is 5.78 Å². The van der Waals surface area contributed by atoms with E-state index < -0.39 is 5.97 Å². The lowest BCUT2D eigenvalue weighted by Gasteiger charge is -2.12. The summed E-state index contributed by atoms with van der Waals surface area (Å²) in [6.07, 6.45) is 1.08. The first kappa shape index (κ1) is 18.2. The summed E-state index contributed by atoms with van der Waals surface area (Å²) < 4.78 is 1.91. The summed E-state index contributed by atoms with van der Waals surface area (Å²) in [5.74, 6) is -0.944. The molecule has 1 N–H and O–H groups in total. The van der Waals surface area contributed by atoms with Gasteiger partial charge >= 0.3 is 5.97 Å². The van der Waals surface area contributed by atoms with Crippen LogP contribution in [0.1, 0.15) is 52.2 Å². The standard InChI is InChI=1S/C21H20ClNO3/c1-3-15-16-10-9-13(21(25)26)11-18(16)23(20(15)19(24)4-2)12-14-7-5-6-8-17(14)22/h5-11H,3-4,12H2,1-2H3,(H,25,26). The minimum Gasteiger partial charge on any atom is -0.478 e. The number of hydrogen-bond donors (Lipinski definition) is 1. The third kappa shape index (κ3) is 3.13. The predicted molar refractivity (Wildman–Crippen MR) is 103 cm³/mol. The molecule has 0 fully saturated rings. The van der Waals surface area contributed by atoms with Crippen molar-refractivity contribution in [3.63, 3.8) is 0 Å². The number of carbonyl (C=O) groups excluding carboxylic acids is 1. The van der Waals surface area contributed by atoms with Crippen LogP contribution < -0.4 is 0 Å². The van der Waals surface area contributed by atoms with E-state index in [0.29, 0.717) is 30.1 Å². The summed E-state index contributed by atoms with van der Waals surface area (Å²) in [6.45, 7) is 4.26. The summed E-state index contributed by atoms with van der Waals surface area (Å²) in [5.41, 5.74) is 3.44. The van der Waals surface area contributed by atoms with E-state index in [1.54, 1.807) is 18.2 Å². The van der Waals surface area contributed by atoms with Crippen LogP contribution in [0.3, 0.4) is 0 Å². The van der Waals surface area contributed by atoms with Gasteiger partial charge in [0.05, 0.1) is 16.8 Å². The van der Waals surface area contributed by atoms with Gasteiger partial charge in [-0.1, -0.05) is 49.7 Å². The zero-order valence-electron chi connectivity index (χ0n) is 14.8. The average molecular weight is 370 g/mol. The van der Waals surface area contributed by atoms with Gasteiger partial charge in [-0.2, -0.15) is 0 Å². The highest BCUT2D eigenvalue weighted by molar-refractivity contribution is 6.31. The molecule has 0 aliphatic carbocycles. The quantitative estimate of drug-likeness (QED) is 0.608. The van der Waals surface area contributed by atoms with Gasteiger partial charge < -0.3 is 9.67 Å². The van der Waals surface area contributed by atoms with Crippen molar-refractivity contribution in [3.8, 4) is 0 Å². The van der Waals surface area contributed by atoms with Crippen molar-refractivity contribution in [2.75, 3.05) is 0 Å². The Morgan fingerprint density at radius 3 is 2.46 bits per heavy atom. The van der Waals surface area contributed by atoms with E-state index in [1.165, 1.54) is 0 Å².